The second kappa shape index (κ2) is 16.4. The Labute approximate surface area is 320 Å². The molecule has 5 aromatic carbocycles. The predicted molar refractivity (Wildman–Crippen MR) is 209 cm³/mol. The molecule has 8 nitrogen and oxygen atoms in total. The number of esters is 3. The Bertz CT molecular complexity index is 2490. The van der Waals surface area contributed by atoms with Gasteiger partial charge in [0.25, 0.3) is 0 Å². The number of hydrogen-bond donors (Lipinski definition) is 1. The lowest BCUT2D eigenvalue weighted by Crippen LogP contribution is -2.06. The SMILES string of the molecule is COC(=O)c1cc(-n2ccc3cc(Cc4ccc(Cl)cc4C(=O)OC)ccc32)ccc1Cl.COC(=O)c1cc(Cl)ccc1Cc1ccc2[nH]ccc2c1. The number of benzene rings is 5. The molecule has 1 N–H and O–H groups in total. The van der Waals surface area contributed by atoms with Gasteiger partial charge in [-0.1, -0.05) is 59.1 Å². The molecule has 0 radical (unpaired) electrons. The number of nitrogens with zero attached hydrogens (tertiary/aromatic N) is 1. The molecule has 2 heterocycles. The van der Waals surface area contributed by atoms with E-state index >= 15 is 0 Å². The number of carbonyl (C=O) groups is 3. The summed E-state index contributed by atoms with van der Waals surface area (Å²) in [7, 11) is 4.05. The standard InChI is InChI=1S/C25H19Cl2NO4.C17H14ClNO2/c1-31-24(29)20-13-18(26)5-4-16(20)11-15-3-8-23-17(12-15)9-10-28(23)19-6-7-22(27)21(14-19)25(30)32-2;1-21-17(20)15-10-14(18)4-3-12(15)8-11-2-5-16-13(9-11)6-7-19-16/h3-10,12-14H,11H2,1-2H3;2-7,9-10,19H,8H2,1H3. The van der Waals surface area contributed by atoms with Crippen molar-refractivity contribution in [1.82, 2.24) is 9.55 Å². The fraction of sp³-hybridized carbons (Fsp3) is 0.119. The largest absolute Gasteiger partial charge is 0.465 e. The zero-order valence-corrected chi connectivity index (χ0v) is 31.2. The first-order chi connectivity index (χ1) is 25.6. The van der Waals surface area contributed by atoms with Crippen molar-refractivity contribution in [2.75, 3.05) is 21.3 Å². The lowest BCUT2D eigenvalue weighted by molar-refractivity contribution is 0.0590. The zero-order chi connectivity index (χ0) is 37.6. The number of carbonyl (C=O) groups excluding carboxylic acids is 3. The Morgan fingerprint density at radius 1 is 0.585 bits per heavy atom. The van der Waals surface area contributed by atoms with E-state index < -0.39 is 11.9 Å². The highest BCUT2D eigenvalue weighted by molar-refractivity contribution is 6.33. The van der Waals surface area contributed by atoms with Crippen LogP contribution in [0.15, 0.2) is 116 Å². The summed E-state index contributed by atoms with van der Waals surface area (Å²) in [6.45, 7) is 0. The molecule has 0 aliphatic rings. The average Bonchev–Trinajstić information content (AvgIpc) is 3.82. The summed E-state index contributed by atoms with van der Waals surface area (Å²) in [4.78, 5) is 39.2. The number of methoxy groups -OCH3 is 3. The maximum Gasteiger partial charge on any atom is 0.339 e. The average molecular weight is 768 g/mol. The molecule has 7 rings (SSSR count). The molecule has 0 fully saturated rings. The van der Waals surface area contributed by atoms with Gasteiger partial charge in [0, 0.05) is 39.0 Å². The monoisotopic (exact) mass is 766 g/mol. The van der Waals surface area contributed by atoms with Gasteiger partial charge in [-0.2, -0.15) is 0 Å². The summed E-state index contributed by atoms with van der Waals surface area (Å²) < 4.78 is 16.5. The molecule has 0 spiro atoms. The number of aromatic amines is 1. The van der Waals surface area contributed by atoms with Crippen molar-refractivity contribution in [3.8, 4) is 5.69 Å². The highest BCUT2D eigenvalue weighted by Gasteiger charge is 2.16. The number of halogens is 3. The van der Waals surface area contributed by atoms with E-state index in [0.717, 1.165) is 49.7 Å². The first-order valence-corrected chi connectivity index (χ1v) is 17.5. The molecule has 53 heavy (non-hydrogen) atoms. The number of ether oxygens (including phenoxy) is 3. The van der Waals surface area contributed by atoms with Crippen LogP contribution in [0, 0.1) is 0 Å². The third-order valence-electron chi connectivity index (χ3n) is 8.75. The summed E-state index contributed by atoms with van der Waals surface area (Å²) in [5.74, 6) is -1.27. The summed E-state index contributed by atoms with van der Waals surface area (Å²) in [5.41, 5.74) is 8.05. The van der Waals surface area contributed by atoms with Gasteiger partial charge in [0.15, 0.2) is 0 Å². The van der Waals surface area contributed by atoms with Crippen molar-refractivity contribution in [1.29, 1.82) is 0 Å². The number of nitrogens with one attached hydrogen (secondary N) is 1. The van der Waals surface area contributed by atoms with E-state index in [1.165, 1.54) is 21.3 Å². The molecule has 7 aromatic rings. The first kappa shape index (κ1) is 37.2. The Morgan fingerprint density at radius 2 is 1.15 bits per heavy atom. The van der Waals surface area contributed by atoms with E-state index in [1.807, 2.05) is 65.5 Å². The van der Waals surface area contributed by atoms with Gasteiger partial charge in [0.05, 0.1) is 48.6 Å². The number of H-pyrrole nitrogens is 1. The number of fused-ring (bicyclic) bond motifs is 2. The highest BCUT2D eigenvalue weighted by atomic mass is 35.5. The van der Waals surface area contributed by atoms with Crippen LogP contribution in [0.2, 0.25) is 15.1 Å². The lowest BCUT2D eigenvalue weighted by atomic mass is 9.99. The van der Waals surface area contributed by atoms with Crippen LogP contribution in [-0.4, -0.2) is 48.8 Å². The normalized spacial score (nSPS) is 10.8. The maximum atomic E-state index is 12.1. The number of rotatable bonds is 8. The maximum absolute atomic E-state index is 12.1. The quantitative estimate of drug-likeness (QED) is 0.122. The van der Waals surface area contributed by atoms with Gasteiger partial charge in [-0.05, 0) is 119 Å². The van der Waals surface area contributed by atoms with Crippen LogP contribution in [0.25, 0.3) is 27.5 Å². The third-order valence-corrected chi connectivity index (χ3v) is 9.55. The Hall–Kier alpha value is -5.54. The molecule has 268 valence electrons. The smallest absolute Gasteiger partial charge is 0.339 e. The van der Waals surface area contributed by atoms with Crippen LogP contribution in [0.4, 0.5) is 0 Å². The molecular weight excluding hydrogens is 735 g/mol. The van der Waals surface area contributed by atoms with Gasteiger partial charge in [-0.15, -0.1) is 0 Å². The number of aromatic nitrogens is 2. The summed E-state index contributed by atoms with van der Waals surface area (Å²) in [5, 5.41) is 3.52. The van der Waals surface area contributed by atoms with Crippen molar-refractivity contribution in [3.05, 3.63) is 170 Å². The van der Waals surface area contributed by atoms with E-state index in [1.54, 1.807) is 36.4 Å². The van der Waals surface area contributed by atoms with Crippen LogP contribution in [0.1, 0.15) is 53.3 Å². The van der Waals surface area contributed by atoms with Gasteiger partial charge in [0.1, 0.15) is 0 Å². The molecule has 0 bridgehead atoms. The predicted octanol–water partition coefficient (Wildman–Crippen LogP) is 10.3. The van der Waals surface area contributed by atoms with Crippen LogP contribution in [0.3, 0.4) is 0 Å². The van der Waals surface area contributed by atoms with Crippen molar-refractivity contribution < 1.29 is 28.6 Å². The van der Waals surface area contributed by atoms with Gasteiger partial charge >= 0.3 is 17.9 Å². The molecule has 0 amide bonds. The minimum Gasteiger partial charge on any atom is -0.465 e. The molecule has 0 saturated carbocycles. The molecule has 0 saturated heterocycles. The minimum atomic E-state index is -0.486. The van der Waals surface area contributed by atoms with Crippen LogP contribution >= 0.6 is 34.8 Å². The second-order valence-electron chi connectivity index (χ2n) is 12.1. The topological polar surface area (TPSA) is 99.6 Å². The highest BCUT2D eigenvalue weighted by Crippen LogP contribution is 2.28. The summed E-state index contributed by atoms with van der Waals surface area (Å²) in [6.07, 6.45) is 5.05. The Kier molecular flexibility index (Phi) is 11.5. The Balaban J connectivity index is 0.000000198. The van der Waals surface area contributed by atoms with Gasteiger partial charge in [-0.25, -0.2) is 14.4 Å². The molecule has 0 unspecified atom stereocenters. The fourth-order valence-corrected chi connectivity index (χ4v) is 6.65. The Morgan fingerprint density at radius 3 is 1.75 bits per heavy atom. The van der Waals surface area contributed by atoms with E-state index in [0.29, 0.717) is 44.6 Å². The second-order valence-corrected chi connectivity index (χ2v) is 13.4. The number of hydrogen-bond acceptors (Lipinski definition) is 6. The van der Waals surface area contributed by atoms with Gasteiger partial charge in [-0.3, -0.25) is 0 Å². The summed E-state index contributed by atoms with van der Waals surface area (Å²) >= 11 is 18.2. The van der Waals surface area contributed by atoms with E-state index in [-0.39, 0.29) is 5.97 Å². The van der Waals surface area contributed by atoms with E-state index in [2.05, 4.69) is 23.2 Å². The van der Waals surface area contributed by atoms with E-state index in [9.17, 15) is 14.4 Å². The first-order valence-electron chi connectivity index (χ1n) is 16.4. The van der Waals surface area contributed by atoms with Crippen LogP contribution < -0.4 is 0 Å². The molecule has 0 aliphatic heterocycles. The zero-order valence-electron chi connectivity index (χ0n) is 28.9. The third kappa shape index (κ3) is 8.42. The van der Waals surface area contributed by atoms with Crippen molar-refractivity contribution in [3.63, 3.8) is 0 Å². The molecule has 11 heteroatoms. The van der Waals surface area contributed by atoms with Crippen molar-refractivity contribution in [2.24, 2.45) is 0 Å². The van der Waals surface area contributed by atoms with Crippen LogP contribution in [-0.2, 0) is 27.1 Å². The van der Waals surface area contributed by atoms with E-state index in [4.69, 9.17) is 49.0 Å². The van der Waals surface area contributed by atoms with Crippen molar-refractivity contribution in [2.45, 2.75) is 12.8 Å². The van der Waals surface area contributed by atoms with Crippen LogP contribution in [0.5, 0.6) is 0 Å². The minimum absolute atomic E-state index is 0.309. The lowest BCUT2D eigenvalue weighted by Gasteiger charge is -2.11. The van der Waals surface area contributed by atoms with Gasteiger partial charge < -0.3 is 23.8 Å². The molecule has 2 aromatic heterocycles. The molecule has 0 atom stereocenters. The fourth-order valence-electron chi connectivity index (χ4n) is 6.11. The van der Waals surface area contributed by atoms with Crippen molar-refractivity contribution >= 4 is 74.5 Å². The molecular formula is C42H33Cl3N2O6. The summed E-state index contributed by atoms with van der Waals surface area (Å²) in [6, 6.07) is 32.1. The van der Waals surface area contributed by atoms with Gasteiger partial charge in [0.2, 0.25) is 0 Å². The molecule has 0 aliphatic carbocycles.